The summed E-state index contributed by atoms with van der Waals surface area (Å²) >= 11 is 0. The fourth-order valence-electron chi connectivity index (χ4n) is 3.16. The molecule has 1 unspecified atom stereocenters. The van der Waals surface area contributed by atoms with Crippen LogP contribution in [0.1, 0.15) is 53.4 Å². The molecular weight excluding hydrogens is 280 g/mol. The molecule has 0 aliphatic carbocycles. The molecule has 1 amide bonds. The molecule has 5 nitrogen and oxygen atoms in total. The van der Waals surface area contributed by atoms with Gasteiger partial charge in [-0.15, -0.1) is 0 Å². The first-order chi connectivity index (χ1) is 10.3. The van der Waals surface area contributed by atoms with Crippen LogP contribution in [0.3, 0.4) is 0 Å². The normalized spacial score (nSPS) is 27.2. The van der Waals surface area contributed by atoms with Gasteiger partial charge in [0.1, 0.15) is 5.60 Å². The zero-order valence-electron chi connectivity index (χ0n) is 14.6. The minimum Gasteiger partial charge on any atom is -0.444 e. The summed E-state index contributed by atoms with van der Waals surface area (Å²) in [6.07, 6.45) is 4.24. The van der Waals surface area contributed by atoms with Gasteiger partial charge in [-0.1, -0.05) is 0 Å². The van der Waals surface area contributed by atoms with Gasteiger partial charge in [0.05, 0.1) is 5.60 Å². The SMILES string of the molecule is CC(C)(C)OC(=O)N1CCC(CNCC2(C)CCCO2)CC1. The van der Waals surface area contributed by atoms with Crippen molar-refractivity contribution in [2.45, 2.75) is 64.6 Å². The van der Waals surface area contributed by atoms with Crippen LogP contribution in [-0.2, 0) is 9.47 Å². The molecule has 22 heavy (non-hydrogen) atoms. The van der Waals surface area contributed by atoms with Crippen molar-refractivity contribution in [2.24, 2.45) is 5.92 Å². The number of ether oxygens (including phenoxy) is 2. The topological polar surface area (TPSA) is 50.8 Å². The van der Waals surface area contributed by atoms with Crippen molar-refractivity contribution in [3.63, 3.8) is 0 Å². The summed E-state index contributed by atoms with van der Waals surface area (Å²) in [6.45, 7) is 12.4. The molecular formula is C17H32N2O3. The van der Waals surface area contributed by atoms with E-state index in [1.165, 1.54) is 6.42 Å². The van der Waals surface area contributed by atoms with Crippen LogP contribution in [0.25, 0.3) is 0 Å². The maximum atomic E-state index is 12.0. The van der Waals surface area contributed by atoms with E-state index in [1.807, 2.05) is 25.7 Å². The Morgan fingerprint density at radius 3 is 2.59 bits per heavy atom. The largest absolute Gasteiger partial charge is 0.444 e. The van der Waals surface area contributed by atoms with Gasteiger partial charge in [0.15, 0.2) is 0 Å². The summed E-state index contributed by atoms with van der Waals surface area (Å²) in [5.74, 6) is 0.642. The second kappa shape index (κ2) is 7.18. The van der Waals surface area contributed by atoms with E-state index >= 15 is 0 Å². The van der Waals surface area contributed by atoms with Gasteiger partial charge in [0.25, 0.3) is 0 Å². The number of nitrogens with zero attached hydrogens (tertiary/aromatic N) is 1. The minimum atomic E-state index is -0.411. The van der Waals surface area contributed by atoms with Crippen LogP contribution in [0.2, 0.25) is 0 Å². The molecule has 0 radical (unpaired) electrons. The number of carbonyl (C=O) groups excluding carboxylic acids is 1. The number of hydrogen-bond acceptors (Lipinski definition) is 4. The van der Waals surface area contributed by atoms with E-state index in [2.05, 4.69) is 12.2 Å². The van der Waals surface area contributed by atoms with Crippen LogP contribution in [-0.4, -0.2) is 55.0 Å². The Balaban J connectivity index is 1.63. The predicted octanol–water partition coefficient (Wildman–Crippen LogP) is 2.79. The van der Waals surface area contributed by atoms with Gasteiger partial charge in [-0.3, -0.25) is 0 Å². The smallest absolute Gasteiger partial charge is 0.410 e. The second-order valence-corrected chi connectivity index (χ2v) is 7.94. The monoisotopic (exact) mass is 312 g/mol. The van der Waals surface area contributed by atoms with Crippen molar-refractivity contribution in [2.75, 3.05) is 32.8 Å². The van der Waals surface area contributed by atoms with Crippen molar-refractivity contribution in [3.05, 3.63) is 0 Å². The molecule has 0 saturated carbocycles. The third kappa shape index (κ3) is 5.43. The molecule has 2 aliphatic rings. The van der Waals surface area contributed by atoms with Gasteiger partial charge in [-0.2, -0.15) is 0 Å². The van der Waals surface area contributed by atoms with Crippen LogP contribution in [0, 0.1) is 5.92 Å². The maximum absolute atomic E-state index is 12.0. The molecule has 0 bridgehead atoms. The number of piperidine rings is 1. The van der Waals surface area contributed by atoms with E-state index in [9.17, 15) is 4.79 Å². The highest BCUT2D eigenvalue weighted by molar-refractivity contribution is 5.68. The Kier molecular flexibility index (Phi) is 5.72. The summed E-state index contributed by atoms with van der Waals surface area (Å²) in [4.78, 5) is 13.9. The zero-order valence-corrected chi connectivity index (χ0v) is 14.6. The van der Waals surface area contributed by atoms with E-state index in [0.717, 1.165) is 52.0 Å². The van der Waals surface area contributed by atoms with E-state index in [-0.39, 0.29) is 11.7 Å². The first-order valence-corrected chi connectivity index (χ1v) is 8.60. The molecule has 128 valence electrons. The van der Waals surface area contributed by atoms with E-state index in [4.69, 9.17) is 9.47 Å². The average molecular weight is 312 g/mol. The molecule has 2 heterocycles. The number of carbonyl (C=O) groups is 1. The summed E-state index contributed by atoms with van der Waals surface area (Å²) in [7, 11) is 0. The second-order valence-electron chi connectivity index (χ2n) is 7.94. The fraction of sp³-hybridized carbons (Fsp3) is 0.941. The molecule has 1 N–H and O–H groups in total. The van der Waals surface area contributed by atoms with Crippen molar-refractivity contribution < 1.29 is 14.3 Å². The molecule has 0 aromatic heterocycles. The highest BCUT2D eigenvalue weighted by Crippen LogP contribution is 2.24. The van der Waals surface area contributed by atoms with Crippen LogP contribution in [0.4, 0.5) is 4.79 Å². The third-order valence-corrected chi connectivity index (χ3v) is 4.50. The third-order valence-electron chi connectivity index (χ3n) is 4.50. The van der Waals surface area contributed by atoms with Crippen LogP contribution in [0.5, 0.6) is 0 Å². The van der Waals surface area contributed by atoms with Gasteiger partial charge in [-0.25, -0.2) is 4.79 Å². The molecule has 2 saturated heterocycles. The Hall–Kier alpha value is -0.810. The quantitative estimate of drug-likeness (QED) is 0.867. The molecule has 5 heteroatoms. The lowest BCUT2D eigenvalue weighted by Crippen LogP contribution is -2.44. The number of hydrogen-bond donors (Lipinski definition) is 1. The molecule has 2 aliphatic heterocycles. The van der Waals surface area contributed by atoms with Crippen molar-refractivity contribution >= 4 is 6.09 Å². The molecule has 1 atom stereocenters. The predicted molar refractivity (Wildman–Crippen MR) is 87.0 cm³/mol. The van der Waals surface area contributed by atoms with Crippen LogP contribution >= 0.6 is 0 Å². The van der Waals surface area contributed by atoms with E-state index in [1.54, 1.807) is 0 Å². The van der Waals surface area contributed by atoms with Gasteiger partial charge in [0.2, 0.25) is 0 Å². The van der Waals surface area contributed by atoms with Crippen LogP contribution < -0.4 is 5.32 Å². The number of likely N-dealkylation sites (tertiary alicyclic amines) is 1. The minimum absolute atomic E-state index is 0.0250. The lowest BCUT2D eigenvalue weighted by atomic mass is 9.96. The van der Waals surface area contributed by atoms with Gasteiger partial charge < -0.3 is 19.7 Å². The van der Waals surface area contributed by atoms with Gasteiger partial charge in [0, 0.05) is 26.2 Å². The van der Waals surface area contributed by atoms with Crippen molar-refractivity contribution in [1.29, 1.82) is 0 Å². The van der Waals surface area contributed by atoms with Gasteiger partial charge in [-0.05, 0) is 65.8 Å². The summed E-state index contributed by atoms with van der Waals surface area (Å²) in [5, 5.41) is 3.56. The first kappa shape index (κ1) is 17.5. The summed E-state index contributed by atoms with van der Waals surface area (Å²) in [6, 6.07) is 0. The number of rotatable bonds is 4. The lowest BCUT2D eigenvalue weighted by molar-refractivity contribution is 0.0153. The zero-order chi connectivity index (χ0) is 16.2. The Bertz CT molecular complexity index is 365. The molecule has 0 aromatic carbocycles. The molecule has 0 aromatic rings. The average Bonchev–Trinajstić information content (AvgIpc) is 2.84. The first-order valence-electron chi connectivity index (χ1n) is 8.60. The molecule has 2 fully saturated rings. The van der Waals surface area contributed by atoms with Crippen LogP contribution in [0.15, 0.2) is 0 Å². The van der Waals surface area contributed by atoms with E-state index < -0.39 is 5.60 Å². The van der Waals surface area contributed by atoms with Crippen molar-refractivity contribution in [3.8, 4) is 0 Å². The summed E-state index contributed by atoms with van der Waals surface area (Å²) in [5.41, 5.74) is -0.385. The highest BCUT2D eigenvalue weighted by Gasteiger charge is 2.30. The van der Waals surface area contributed by atoms with E-state index in [0.29, 0.717) is 5.92 Å². The Morgan fingerprint density at radius 2 is 2.05 bits per heavy atom. The van der Waals surface area contributed by atoms with Gasteiger partial charge >= 0.3 is 6.09 Å². The highest BCUT2D eigenvalue weighted by atomic mass is 16.6. The maximum Gasteiger partial charge on any atom is 0.410 e. The van der Waals surface area contributed by atoms with Crippen molar-refractivity contribution in [1.82, 2.24) is 10.2 Å². The standard InChI is InChI=1S/C17H32N2O3/c1-16(2,3)22-15(20)19-9-6-14(7-10-19)12-18-13-17(4)8-5-11-21-17/h14,18H,5-13H2,1-4H3. The molecule has 2 rings (SSSR count). The number of nitrogens with one attached hydrogen (secondary N) is 1. The Morgan fingerprint density at radius 1 is 1.36 bits per heavy atom. The fourth-order valence-corrected chi connectivity index (χ4v) is 3.16. The molecule has 0 spiro atoms. The Labute approximate surface area is 134 Å². The number of amides is 1. The lowest BCUT2D eigenvalue weighted by Gasteiger charge is -2.34. The summed E-state index contributed by atoms with van der Waals surface area (Å²) < 4.78 is 11.2.